The van der Waals surface area contributed by atoms with Gasteiger partial charge in [-0.05, 0) is 50.1 Å². The maximum Gasteiger partial charge on any atom is 0.259 e. The predicted octanol–water partition coefficient (Wildman–Crippen LogP) is 5.61. The quantitative estimate of drug-likeness (QED) is 0.372. The van der Waals surface area contributed by atoms with Gasteiger partial charge in [-0.1, -0.05) is 48.3 Å². The van der Waals surface area contributed by atoms with Gasteiger partial charge in [0, 0.05) is 29.0 Å². The van der Waals surface area contributed by atoms with Crippen molar-refractivity contribution < 1.29 is 4.79 Å². The monoisotopic (exact) mass is 457 g/mol. The van der Waals surface area contributed by atoms with Gasteiger partial charge >= 0.3 is 0 Å². The van der Waals surface area contributed by atoms with Gasteiger partial charge < -0.3 is 5.32 Å². The summed E-state index contributed by atoms with van der Waals surface area (Å²) in [5, 5.41) is 11.5. The fourth-order valence-corrected chi connectivity index (χ4v) is 3.42. The summed E-state index contributed by atoms with van der Waals surface area (Å²) in [5.41, 5.74) is 3.88. The van der Waals surface area contributed by atoms with Crippen LogP contribution in [-0.2, 0) is 13.1 Å². The molecule has 0 unspecified atom stereocenters. The van der Waals surface area contributed by atoms with Crippen molar-refractivity contribution in [1.29, 1.82) is 0 Å². The van der Waals surface area contributed by atoms with Crippen LogP contribution in [0.1, 0.15) is 40.5 Å². The lowest BCUT2D eigenvalue weighted by molar-refractivity contribution is 0.0977. The van der Waals surface area contributed by atoms with E-state index in [1.54, 1.807) is 24.3 Å². The summed E-state index contributed by atoms with van der Waals surface area (Å²) in [6.45, 7) is 7.17. The summed E-state index contributed by atoms with van der Waals surface area (Å²) in [4.78, 5) is 17.5. The first-order valence-corrected chi connectivity index (χ1v) is 10.8. The van der Waals surface area contributed by atoms with Crippen LogP contribution in [0, 0.1) is 13.8 Å². The number of halogens is 2. The van der Waals surface area contributed by atoms with E-state index in [9.17, 15) is 4.79 Å². The molecule has 0 atom stereocenters. The Morgan fingerprint density at radius 3 is 2.58 bits per heavy atom. The molecular weight excluding hydrogens is 433 g/mol. The summed E-state index contributed by atoms with van der Waals surface area (Å²) in [6.07, 6.45) is 2.99. The standard InChI is InChI=1S/C23H25Cl2N5O/c1-4-12-30-14-17(16(3)29-30)13-26-23(27-21-11-7-10-19(24)15(21)2)28-22(31)18-8-5-6-9-20(18)25/h5-11,14H,4,12-13H2,1-3H3,(H2,26,27,28,31). The minimum Gasteiger partial charge on any atom is -0.326 e. The molecule has 162 valence electrons. The van der Waals surface area contributed by atoms with Crippen LogP contribution in [0.15, 0.2) is 53.7 Å². The molecule has 3 rings (SSSR count). The van der Waals surface area contributed by atoms with Gasteiger partial charge in [-0.2, -0.15) is 5.10 Å². The largest absolute Gasteiger partial charge is 0.326 e. The fraction of sp³-hybridized carbons (Fsp3) is 0.261. The van der Waals surface area contributed by atoms with E-state index < -0.39 is 0 Å². The maximum atomic E-state index is 12.8. The van der Waals surface area contributed by atoms with Crippen molar-refractivity contribution in [2.75, 3.05) is 5.32 Å². The SMILES string of the molecule is CCCn1cc(CN=C(NC(=O)c2ccccc2Cl)Nc2cccc(Cl)c2C)c(C)n1. The van der Waals surface area contributed by atoms with Crippen molar-refractivity contribution in [2.24, 2.45) is 4.99 Å². The number of anilines is 1. The lowest BCUT2D eigenvalue weighted by Crippen LogP contribution is -2.36. The van der Waals surface area contributed by atoms with Gasteiger partial charge in [-0.25, -0.2) is 4.99 Å². The van der Waals surface area contributed by atoms with Gasteiger partial charge in [-0.3, -0.25) is 14.8 Å². The molecule has 0 aliphatic rings. The van der Waals surface area contributed by atoms with Crippen LogP contribution >= 0.6 is 23.2 Å². The first kappa shape index (κ1) is 22.8. The molecule has 0 spiro atoms. The van der Waals surface area contributed by atoms with E-state index in [2.05, 4.69) is 27.6 Å². The third-order valence-corrected chi connectivity index (χ3v) is 5.52. The summed E-state index contributed by atoms with van der Waals surface area (Å²) >= 11 is 12.4. The normalized spacial score (nSPS) is 11.5. The molecule has 3 aromatic rings. The van der Waals surface area contributed by atoms with Crippen molar-refractivity contribution >= 4 is 40.8 Å². The molecule has 0 saturated carbocycles. The van der Waals surface area contributed by atoms with Crippen LogP contribution in [0.25, 0.3) is 0 Å². The Hall–Kier alpha value is -2.83. The summed E-state index contributed by atoms with van der Waals surface area (Å²) in [7, 11) is 0. The zero-order chi connectivity index (χ0) is 22.4. The molecule has 1 aromatic heterocycles. The molecule has 8 heteroatoms. The van der Waals surface area contributed by atoms with Crippen LogP contribution in [0.5, 0.6) is 0 Å². The molecule has 0 bridgehead atoms. The average Bonchev–Trinajstić information content (AvgIpc) is 3.09. The number of nitrogens with one attached hydrogen (secondary N) is 2. The third kappa shape index (κ3) is 5.87. The highest BCUT2D eigenvalue weighted by molar-refractivity contribution is 6.34. The van der Waals surface area contributed by atoms with Crippen LogP contribution in [0.4, 0.5) is 5.69 Å². The molecule has 6 nitrogen and oxygen atoms in total. The second-order valence-corrected chi connectivity index (χ2v) is 7.95. The van der Waals surface area contributed by atoms with Crippen LogP contribution in [-0.4, -0.2) is 21.6 Å². The molecule has 0 radical (unpaired) electrons. The Kier molecular flexibility index (Phi) is 7.71. The van der Waals surface area contributed by atoms with Gasteiger partial charge in [0.1, 0.15) is 0 Å². The van der Waals surface area contributed by atoms with E-state index in [4.69, 9.17) is 23.2 Å². The molecule has 2 aromatic carbocycles. The first-order valence-electron chi connectivity index (χ1n) is 10.0. The Labute approximate surface area is 192 Å². The molecule has 0 fully saturated rings. The molecule has 0 saturated heterocycles. The number of aryl methyl sites for hydroxylation is 2. The molecule has 0 aliphatic heterocycles. The number of hydrogen-bond donors (Lipinski definition) is 2. The highest BCUT2D eigenvalue weighted by Crippen LogP contribution is 2.23. The minimum absolute atomic E-state index is 0.304. The second-order valence-electron chi connectivity index (χ2n) is 7.14. The number of rotatable bonds is 6. The third-order valence-electron chi connectivity index (χ3n) is 4.78. The van der Waals surface area contributed by atoms with E-state index in [1.165, 1.54) is 0 Å². The van der Waals surface area contributed by atoms with E-state index in [-0.39, 0.29) is 5.91 Å². The predicted molar refractivity (Wildman–Crippen MR) is 127 cm³/mol. The molecule has 0 aliphatic carbocycles. The second kappa shape index (κ2) is 10.5. The summed E-state index contributed by atoms with van der Waals surface area (Å²) in [6, 6.07) is 12.4. The number of guanidine groups is 1. The van der Waals surface area contributed by atoms with Crippen LogP contribution < -0.4 is 10.6 Å². The number of aromatic nitrogens is 2. The molecule has 1 heterocycles. The number of benzene rings is 2. The molecule has 31 heavy (non-hydrogen) atoms. The van der Waals surface area contributed by atoms with E-state index in [0.717, 1.165) is 35.5 Å². The van der Waals surface area contributed by atoms with Crippen molar-refractivity contribution in [3.63, 3.8) is 0 Å². The van der Waals surface area contributed by atoms with Crippen LogP contribution in [0.2, 0.25) is 10.0 Å². The average molecular weight is 458 g/mol. The zero-order valence-corrected chi connectivity index (χ0v) is 19.3. The van der Waals surface area contributed by atoms with Crippen molar-refractivity contribution in [3.05, 3.63) is 81.1 Å². The number of aliphatic imine (C=N–C) groups is 1. The number of amides is 1. The van der Waals surface area contributed by atoms with E-state index >= 15 is 0 Å². The van der Waals surface area contributed by atoms with E-state index in [1.807, 2.05) is 42.9 Å². The molecule has 2 N–H and O–H groups in total. The summed E-state index contributed by atoms with van der Waals surface area (Å²) < 4.78 is 1.91. The minimum atomic E-state index is -0.352. The van der Waals surface area contributed by atoms with Gasteiger partial charge in [0.05, 0.1) is 22.8 Å². The van der Waals surface area contributed by atoms with Crippen molar-refractivity contribution in [2.45, 2.75) is 40.3 Å². The Bertz CT molecular complexity index is 1110. The van der Waals surface area contributed by atoms with Gasteiger partial charge in [0.25, 0.3) is 5.91 Å². The topological polar surface area (TPSA) is 71.3 Å². The number of nitrogens with zero attached hydrogens (tertiary/aromatic N) is 3. The van der Waals surface area contributed by atoms with Gasteiger partial charge in [0.15, 0.2) is 0 Å². The Balaban J connectivity index is 1.88. The van der Waals surface area contributed by atoms with Gasteiger partial charge in [-0.15, -0.1) is 0 Å². The first-order chi connectivity index (χ1) is 14.9. The van der Waals surface area contributed by atoms with Gasteiger partial charge in [0.2, 0.25) is 5.96 Å². The fourth-order valence-electron chi connectivity index (χ4n) is 3.02. The highest BCUT2D eigenvalue weighted by atomic mass is 35.5. The zero-order valence-electron chi connectivity index (χ0n) is 17.7. The highest BCUT2D eigenvalue weighted by Gasteiger charge is 2.14. The lowest BCUT2D eigenvalue weighted by Gasteiger charge is -2.14. The Morgan fingerprint density at radius 2 is 1.84 bits per heavy atom. The number of carbonyl (C=O) groups excluding carboxylic acids is 1. The lowest BCUT2D eigenvalue weighted by atomic mass is 10.2. The maximum absolute atomic E-state index is 12.8. The summed E-state index contributed by atoms with van der Waals surface area (Å²) in [5.74, 6) is -0.0483. The van der Waals surface area contributed by atoms with Crippen molar-refractivity contribution in [1.82, 2.24) is 15.1 Å². The van der Waals surface area contributed by atoms with Crippen LogP contribution in [0.3, 0.4) is 0 Å². The van der Waals surface area contributed by atoms with E-state index in [0.29, 0.717) is 28.1 Å². The molecular formula is C23H25Cl2N5O. The number of carbonyl (C=O) groups is 1. The van der Waals surface area contributed by atoms with Crippen molar-refractivity contribution in [3.8, 4) is 0 Å². The number of hydrogen-bond acceptors (Lipinski definition) is 3. The smallest absolute Gasteiger partial charge is 0.259 e. The molecule has 1 amide bonds. The Morgan fingerprint density at radius 1 is 1.10 bits per heavy atom.